The van der Waals surface area contributed by atoms with Gasteiger partial charge in [0.15, 0.2) is 11.5 Å². The minimum Gasteiger partial charge on any atom is -0.503 e. The number of amides is 1. The predicted molar refractivity (Wildman–Crippen MR) is 121 cm³/mol. The first kappa shape index (κ1) is 20.2. The van der Waals surface area contributed by atoms with Crippen LogP contribution in [0.2, 0.25) is 0 Å². The van der Waals surface area contributed by atoms with Crippen LogP contribution in [0.3, 0.4) is 0 Å². The van der Waals surface area contributed by atoms with Crippen LogP contribution >= 0.6 is 15.9 Å². The number of halogens is 2. The number of carbonyl (C=O) groups excluding carboxylic acids is 2. The minimum atomic E-state index is -1.15. The van der Waals surface area contributed by atoms with Crippen LogP contribution in [0.15, 0.2) is 99.1 Å². The molecule has 1 aromatic heterocycles. The van der Waals surface area contributed by atoms with E-state index in [4.69, 9.17) is 4.42 Å². The summed E-state index contributed by atoms with van der Waals surface area (Å²) in [5, 5.41) is 11.4. The monoisotopic (exact) mass is 491 g/mol. The van der Waals surface area contributed by atoms with Crippen LogP contribution in [0.25, 0.3) is 11.0 Å². The number of carbonyl (C=O) groups is 2. The van der Waals surface area contributed by atoms with Gasteiger partial charge in [0.2, 0.25) is 5.78 Å². The number of anilines is 1. The van der Waals surface area contributed by atoms with E-state index >= 15 is 0 Å². The molecule has 7 heteroatoms. The van der Waals surface area contributed by atoms with Crippen molar-refractivity contribution in [3.63, 3.8) is 0 Å². The van der Waals surface area contributed by atoms with Crippen LogP contribution < -0.4 is 4.90 Å². The van der Waals surface area contributed by atoms with E-state index in [1.165, 1.54) is 29.2 Å². The number of rotatable bonds is 4. The first-order valence-corrected chi connectivity index (χ1v) is 10.5. The summed E-state index contributed by atoms with van der Waals surface area (Å²) in [5.41, 5.74) is 0.759. The summed E-state index contributed by atoms with van der Waals surface area (Å²) in [6.45, 7) is 0. The fraction of sp³-hybridized carbons (Fsp3) is 0.0400. The van der Waals surface area contributed by atoms with E-state index in [-0.39, 0.29) is 16.9 Å². The average molecular weight is 492 g/mol. The molecule has 1 atom stereocenters. The Morgan fingerprint density at radius 2 is 1.72 bits per heavy atom. The van der Waals surface area contributed by atoms with E-state index in [2.05, 4.69) is 15.9 Å². The van der Waals surface area contributed by atoms with Gasteiger partial charge in [-0.3, -0.25) is 14.5 Å². The predicted octanol–water partition coefficient (Wildman–Crippen LogP) is 6.12. The second-order valence-corrected chi connectivity index (χ2v) is 8.23. The van der Waals surface area contributed by atoms with Gasteiger partial charge in [0.05, 0.1) is 11.6 Å². The summed E-state index contributed by atoms with van der Waals surface area (Å²) in [6, 6.07) is 20.0. The molecule has 1 N–H and O–H groups in total. The maximum atomic E-state index is 14.9. The maximum Gasteiger partial charge on any atom is 0.294 e. The number of furan rings is 1. The summed E-state index contributed by atoms with van der Waals surface area (Å²) in [6.07, 6.45) is 0. The van der Waals surface area contributed by atoms with Gasteiger partial charge >= 0.3 is 0 Å². The van der Waals surface area contributed by atoms with Crippen molar-refractivity contribution in [2.75, 3.05) is 4.90 Å². The molecule has 2 heterocycles. The van der Waals surface area contributed by atoms with E-state index in [9.17, 15) is 19.1 Å². The molecular weight excluding hydrogens is 477 g/mol. The first-order chi connectivity index (χ1) is 15.5. The van der Waals surface area contributed by atoms with Crippen LogP contribution in [-0.4, -0.2) is 16.8 Å². The highest BCUT2D eigenvalue weighted by Gasteiger charge is 2.46. The number of hydrogen-bond acceptors (Lipinski definition) is 4. The van der Waals surface area contributed by atoms with Crippen molar-refractivity contribution < 1.29 is 23.5 Å². The van der Waals surface area contributed by atoms with Crippen molar-refractivity contribution in [3.05, 3.63) is 112 Å². The Labute approximate surface area is 190 Å². The Balaban J connectivity index is 1.68. The van der Waals surface area contributed by atoms with Crippen molar-refractivity contribution in [3.8, 4) is 0 Å². The number of aliphatic hydroxyl groups is 1. The molecule has 32 heavy (non-hydrogen) atoms. The smallest absolute Gasteiger partial charge is 0.294 e. The molecule has 1 amide bonds. The molecule has 0 radical (unpaired) electrons. The zero-order chi connectivity index (χ0) is 22.4. The van der Waals surface area contributed by atoms with Gasteiger partial charge in [-0.25, -0.2) is 4.39 Å². The minimum absolute atomic E-state index is 0.0521. The largest absolute Gasteiger partial charge is 0.503 e. The number of para-hydroxylation sites is 1. The second-order valence-electron chi connectivity index (χ2n) is 7.32. The molecule has 0 spiro atoms. The number of fused-ring (bicyclic) bond motifs is 1. The SMILES string of the molecule is O=C(C1=C(O)C(=O)N(c2ccccc2)C1c1ccccc1F)c1cc2cc(Br)ccc2o1. The zero-order valence-electron chi connectivity index (χ0n) is 16.5. The van der Waals surface area contributed by atoms with Crippen molar-refractivity contribution in [1.29, 1.82) is 0 Å². The Bertz CT molecular complexity index is 1410. The summed E-state index contributed by atoms with van der Waals surface area (Å²) in [4.78, 5) is 27.8. The van der Waals surface area contributed by atoms with E-state index in [1.807, 2.05) is 0 Å². The lowest BCUT2D eigenvalue weighted by atomic mass is 9.94. The average Bonchev–Trinajstić information content (AvgIpc) is 3.33. The Morgan fingerprint density at radius 3 is 2.47 bits per heavy atom. The van der Waals surface area contributed by atoms with Crippen molar-refractivity contribution in [2.45, 2.75) is 6.04 Å². The number of nitrogens with zero attached hydrogens (tertiary/aromatic N) is 1. The van der Waals surface area contributed by atoms with Crippen molar-refractivity contribution >= 4 is 44.3 Å². The zero-order valence-corrected chi connectivity index (χ0v) is 18.0. The van der Waals surface area contributed by atoms with Crippen molar-refractivity contribution in [1.82, 2.24) is 0 Å². The quantitative estimate of drug-likeness (QED) is 0.349. The Hall–Kier alpha value is -3.71. The maximum absolute atomic E-state index is 14.9. The van der Waals surface area contributed by atoms with Crippen LogP contribution in [0.1, 0.15) is 22.2 Å². The molecular formula is C25H15BrFNO4. The normalized spacial score (nSPS) is 16.2. The number of benzene rings is 3. The van der Waals surface area contributed by atoms with Gasteiger partial charge in [-0.1, -0.05) is 52.3 Å². The van der Waals surface area contributed by atoms with Gasteiger partial charge in [0.25, 0.3) is 5.91 Å². The van der Waals surface area contributed by atoms with E-state index in [0.29, 0.717) is 16.7 Å². The fourth-order valence-corrected chi connectivity index (χ4v) is 4.32. The van der Waals surface area contributed by atoms with Gasteiger partial charge in [-0.2, -0.15) is 0 Å². The van der Waals surface area contributed by atoms with E-state index in [0.717, 1.165) is 4.47 Å². The highest BCUT2D eigenvalue weighted by atomic mass is 79.9. The summed E-state index contributed by atoms with van der Waals surface area (Å²) < 4.78 is 21.4. The molecule has 0 fully saturated rings. The molecule has 0 saturated carbocycles. The molecule has 4 aromatic rings. The molecule has 1 aliphatic heterocycles. The molecule has 5 nitrogen and oxygen atoms in total. The molecule has 0 saturated heterocycles. The van der Waals surface area contributed by atoms with Crippen LogP contribution in [0, 0.1) is 5.82 Å². The third kappa shape index (κ3) is 3.22. The van der Waals surface area contributed by atoms with E-state index < -0.39 is 29.3 Å². The molecule has 3 aromatic carbocycles. The van der Waals surface area contributed by atoms with Crippen molar-refractivity contribution in [2.24, 2.45) is 0 Å². The number of ketones is 1. The highest BCUT2D eigenvalue weighted by Crippen LogP contribution is 2.43. The number of hydrogen-bond donors (Lipinski definition) is 1. The molecule has 0 aliphatic carbocycles. The highest BCUT2D eigenvalue weighted by molar-refractivity contribution is 9.10. The lowest BCUT2D eigenvalue weighted by molar-refractivity contribution is -0.117. The van der Waals surface area contributed by atoms with Gasteiger partial charge < -0.3 is 9.52 Å². The van der Waals surface area contributed by atoms with Crippen LogP contribution in [-0.2, 0) is 4.79 Å². The molecule has 1 unspecified atom stereocenters. The lowest BCUT2D eigenvalue weighted by Crippen LogP contribution is -2.31. The lowest BCUT2D eigenvalue weighted by Gasteiger charge is -2.27. The van der Waals surface area contributed by atoms with Gasteiger partial charge in [-0.05, 0) is 42.5 Å². The third-order valence-electron chi connectivity index (χ3n) is 5.39. The summed E-state index contributed by atoms with van der Waals surface area (Å²) in [5.74, 6) is -2.85. The third-order valence-corrected chi connectivity index (χ3v) is 5.88. The van der Waals surface area contributed by atoms with Gasteiger partial charge in [0, 0.05) is 21.1 Å². The molecule has 0 bridgehead atoms. The standard InChI is InChI=1S/C25H15BrFNO4/c26-15-10-11-19-14(12-15)13-20(32-19)23(29)21-22(17-8-4-5-9-18(17)27)28(25(31)24(21)30)16-6-2-1-3-7-16/h1-13,22,30H. The van der Waals surface area contributed by atoms with E-state index in [1.54, 1.807) is 54.6 Å². The second kappa shape index (κ2) is 7.76. The van der Waals surface area contributed by atoms with Gasteiger partial charge in [-0.15, -0.1) is 0 Å². The Morgan fingerprint density at radius 1 is 1.00 bits per heavy atom. The summed E-state index contributed by atoms with van der Waals surface area (Å²) in [7, 11) is 0. The van der Waals surface area contributed by atoms with Crippen LogP contribution in [0.5, 0.6) is 0 Å². The fourth-order valence-electron chi connectivity index (χ4n) is 3.94. The number of Topliss-reactive ketones (excluding diaryl/α,β-unsaturated/α-hetero) is 1. The van der Waals surface area contributed by atoms with Gasteiger partial charge in [0.1, 0.15) is 11.4 Å². The number of aliphatic hydroxyl groups excluding tert-OH is 1. The molecule has 5 rings (SSSR count). The topological polar surface area (TPSA) is 70.8 Å². The molecule has 1 aliphatic rings. The first-order valence-electron chi connectivity index (χ1n) is 9.75. The van der Waals surface area contributed by atoms with Crippen LogP contribution in [0.4, 0.5) is 10.1 Å². The molecule has 158 valence electrons. The Kier molecular flexibility index (Phi) is 4.90. The summed E-state index contributed by atoms with van der Waals surface area (Å²) >= 11 is 3.38.